The van der Waals surface area contributed by atoms with Crippen molar-refractivity contribution in [1.29, 1.82) is 0 Å². The number of rotatable bonds is 2. The summed E-state index contributed by atoms with van der Waals surface area (Å²) in [6, 6.07) is 26.0. The molecule has 4 aromatic rings. The maximum Gasteiger partial charge on any atom is 0.0346 e. The monoisotopic (exact) mass is 295 g/mol. The van der Waals surface area contributed by atoms with Gasteiger partial charge in [0, 0.05) is 17.8 Å². The predicted octanol–water partition coefficient (Wildman–Crippen LogP) is 5.88. The summed E-state index contributed by atoms with van der Waals surface area (Å²) in [5.41, 5.74) is 6.24. The molecule has 0 radical (unpaired) electrons. The molecule has 1 heteroatoms. The lowest BCUT2D eigenvalue weighted by atomic mass is 9.98. The van der Waals surface area contributed by atoms with Gasteiger partial charge in [-0.2, -0.15) is 0 Å². The molecule has 0 fully saturated rings. The van der Waals surface area contributed by atoms with Crippen LogP contribution in [0.25, 0.3) is 33.0 Å². The van der Waals surface area contributed by atoms with E-state index in [2.05, 4.69) is 78.6 Å². The molecule has 0 saturated heterocycles. The van der Waals surface area contributed by atoms with Gasteiger partial charge >= 0.3 is 0 Å². The number of pyridine rings is 1. The third-order valence-electron chi connectivity index (χ3n) is 4.24. The van der Waals surface area contributed by atoms with Crippen LogP contribution in [-0.4, -0.2) is 4.98 Å². The molecule has 3 aromatic carbocycles. The van der Waals surface area contributed by atoms with Gasteiger partial charge in [0.2, 0.25) is 0 Å². The fourth-order valence-corrected chi connectivity index (χ4v) is 2.87. The topological polar surface area (TPSA) is 12.9 Å². The SMILES string of the molecule is Cc1ccc(-c2ccc(-c3ccc4ccncc4c3)cc2)cc1. The smallest absolute Gasteiger partial charge is 0.0346 e. The van der Waals surface area contributed by atoms with Crippen molar-refractivity contribution in [2.45, 2.75) is 6.92 Å². The van der Waals surface area contributed by atoms with Crippen molar-refractivity contribution in [2.24, 2.45) is 0 Å². The Kier molecular flexibility index (Phi) is 3.39. The molecule has 0 N–H and O–H groups in total. The Bertz CT molecular complexity index is 951. The molecule has 1 nitrogen and oxygen atoms in total. The molecule has 1 aromatic heterocycles. The van der Waals surface area contributed by atoms with Crippen LogP contribution in [-0.2, 0) is 0 Å². The Labute approximate surface area is 136 Å². The third-order valence-corrected chi connectivity index (χ3v) is 4.24. The van der Waals surface area contributed by atoms with E-state index in [-0.39, 0.29) is 0 Å². The summed E-state index contributed by atoms with van der Waals surface area (Å²) in [4.78, 5) is 4.21. The third kappa shape index (κ3) is 2.74. The van der Waals surface area contributed by atoms with E-state index < -0.39 is 0 Å². The second-order valence-electron chi connectivity index (χ2n) is 5.88. The van der Waals surface area contributed by atoms with Crippen molar-refractivity contribution in [2.75, 3.05) is 0 Å². The van der Waals surface area contributed by atoms with Gasteiger partial charge in [-0.15, -0.1) is 0 Å². The highest BCUT2D eigenvalue weighted by atomic mass is 14.6. The Morgan fingerprint density at radius 1 is 0.565 bits per heavy atom. The van der Waals surface area contributed by atoms with E-state index in [4.69, 9.17) is 0 Å². The summed E-state index contributed by atoms with van der Waals surface area (Å²) in [6.45, 7) is 2.11. The molecule has 0 atom stereocenters. The van der Waals surface area contributed by atoms with E-state index in [0.717, 1.165) is 0 Å². The molecule has 23 heavy (non-hydrogen) atoms. The average Bonchev–Trinajstić information content (AvgIpc) is 2.62. The summed E-state index contributed by atoms with van der Waals surface area (Å²) >= 11 is 0. The Morgan fingerprint density at radius 2 is 1.13 bits per heavy atom. The van der Waals surface area contributed by atoms with Crippen LogP contribution in [0.2, 0.25) is 0 Å². The average molecular weight is 295 g/mol. The van der Waals surface area contributed by atoms with Crippen LogP contribution in [0.4, 0.5) is 0 Å². The van der Waals surface area contributed by atoms with Gasteiger partial charge in [0.1, 0.15) is 0 Å². The summed E-state index contributed by atoms with van der Waals surface area (Å²) in [7, 11) is 0. The van der Waals surface area contributed by atoms with Crippen molar-refractivity contribution in [3.8, 4) is 22.3 Å². The van der Waals surface area contributed by atoms with Gasteiger partial charge in [0.25, 0.3) is 0 Å². The molecular formula is C22H17N. The number of hydrogen-bond acceptors (Lipinski definition) is 1. The number of aryl methyl sites for hydroxylation is 1. The molecule has 0 aliphatic heterocycles. The number of benzene rings is 3. The maximum atomic E-state index is 4.21. The number of fused-ring (bicyclic) bond motifs is 1. The van der Waals surface area contributed by atoms with E-state index in [1.165, 1.54) is 38.6 Å². The molecule has 0 aliphatic carbocycles. The fourth-order valence-electron chi connectivity index (χ4n) is 2.87. The summed E-state index contributed by atoms with van der Waals surface area (Å²) in [5, 5.41) is 2.40. The minimum atomic E-state index is 1.17. The fraction of sp³-hybridized carbons (Fsp3) is 0.0455. The van der Waals surface area contributed by atoms with E-state index in [1.807, 2.05) is 18.5 Å². The van der Waals surface area contributed by atoms with Crippen LogP contribution in [0.1, 0.15) is 5.56 Å². The van der Waals surface area contributed by atoms with Gasteiger partial charge in [-0.3, -0.25) is 4.98 Å². The van der Waals surface area contributed by atoms with Gasteiger partial charge in [-0.1, -0.05) is 66.2 Å². The zero-order chi connectivity index (χ0) is 15.6. The Morgan fingerprint density at radius 3 is 1.83 bits per heavy atom. The molecule has 0 unspecified atom stereocenters. The zero-order valence-electron chi connectivity index (χ0n) is 13.0. The second-order valence-corrected chi connectivity index (χ2v) is 5.88. The molecule has 4 rings (SSSR count). The van der Waals surface area contributed by atoms with Gasteiger partial charge in [0.05, 0.1) is 0 Å². The van der Waals surface area contributed by atoms with E-state index in [1.54, 1.807) is 0 Å². The van der Waals surface area contributed by atoms with Crippen LogP contribution < -0.4 is 0 Å². The Hall–Kier alpha value is -2.93. The first kappa shape index (κ1) is 13.7. The summed E-state index contributed by atoms with van der Waals surface area (Å²) < 4.78 is 0. The summed E-state index contributed by atoms with van der Waals surface area (Å²) in [5.74, 6) is 0. The lowest BCUT2D eigenvalue weighted by molar-refractivity contribution is 1.36. The number of hydrogen-bond donors (Lipinski definition) is 0. The van der Waals surface area contributed by atoms with Crippen molar-refractivity contribution >= 4 is 10.8 Å². The van der Waals surface area contributed by atoms with Crippen molar-refractivity contribution in [3.63, 3.8) is 0 Å². The van der Waals surface area contributed by atoms with Crippen molar-refractivity contribution < 1.29 is 0 Å². The van der Waals surface area contributed by atoms with Crippen LogP contribution in [0.5, 0.6) is 0 Å². The Balaban J connectivity index is 1.70. The molecule has 0 amide bonds. The molecule has 1 heterocycles. The molecule has 0 bridgehead atoms. The molecular weight excluding hydrogens is 278 g/mol. The first-order valence-corrected chi connectivity index (χ1v) is 7.81. The zero-order valence-corrected chi connectivity index (χ0v) is 13.0. The normalized spacial score (nSPS) is 10.8. The molecule has 0 spiro atoms. The minimum absolute atomic E-state index is 1.17. The second kappa shape index (κ2) is 5.69. The van der Waals surface area contributed by atoms with E-state index in [0.29, 0.717) is 0 Å². The highest BCUT2D eigenvalue weighted by molar-refractivity contribution is 5.86. The van der Waals surface area contributed by atoms with Gasteiger partial charge in [-0.25, -0.2) is 0 Å². The first-order chi connectivity index (χ1) is 11.3. The van der Waals surface area contributed by atoms with Gasteiger partial charge in [0.15, 0.2) is 0 Å². The van der Waals surface area contributed by atoms with Crippen LogP contribution in [0.15, 0.2) is 85.2 Å². The van der Waals surface area contributed by atoms with Crippen LogP contribution >= 0.6 is 0 Å². The minimum Gasteiger partial charge on any atom is -0.264 e. The largest absolute Gasteiger partial charge is 0.264 e. The van der Waals surface area contributed by atoms with Gasteiger partial charge < -0.3 is 0 Å². The lowest BCUT2D eigenvalue weighted by Crippen LogP contribution is -1.82. The number of aromatic nitrogens is 1. The van der Waals surface area contributed by atoms with E-state index in [9.17, 15) is 0 Å². The summed E-state index contributed by atoms with van der Waals surface area (Å²) in [6.07, 6.45) is 3.75. The highest BCUT2D eigenvalue weighted by Gasteiger charge is 2.02. The predicted molar refractivity (Wildman–Crippen MR) is 97.4 cm³/mol. The van der Waals surface area contributed by atoms with E-state index >= 15 is 0 Å². The maximum absolute atomic E-state index is 4.21. The van der Waals surface area contributed by atoms with Crippen LogP contribution in [0, 0.1) is 6.92 Å². The number of nitrogens with zero attached hydrogens (tertiary/aromatic N) is 1. The standard InChI is InChI=1S/C22H17N/c1-16-2-4-17(5-3-16)18-6-8-19(9-7-18)21-11-10-20-12-13-23-15-22(20)14-21/h2-15H,1H3. The lowest BCUT2D eigenvalue weighted by Gasteiger charge is -2.07. The highest BCUT2D eigenvalue weighted by Crippen LogP contribution is 2.27. The van der Waals surface area contributed by atoms with Crippen molar-refractivity contribution in [1.82, 2.24) is 4.98 Å². The quantitative estimate of drug-likeness (QED) is 0.450. The molecule has 110 valence electrons. The molecule has 0 aliphatic rings. The van der Waals surface area contributed by atoms with Crippen LogP contribution in [0.3, 0.4) is 0 Å². The first-order valence-electron chi connectivity index (χ1n) is 7.81. The molecule has 0 saturated carbocycles. The van der Waals surface area contributed by atoms with Gasteiger partial charge in [-0.05, 0) is 46.7 Å². The van der Waals surface area contributed by atoms with Crippen molar-refractivity contribution in [3.05, 3.63) is 90.8 Å².